The van der Waals surface area contributed by atoms with Crippen LogP contribution in [0.1, 0.15) is 32.3 Å². The van der Waals surface area contributed by atoms with Crippen LogP contribution in [0.5, 0.6) is 17.2 Å². The standard InChI is InChI=1S/C26H37N3O7S/c1-7-15-27-26(31)22(8-2)28(17-19-9-11-20(34-3)12-10-19)25(30)18-29(37(6,32)33)23-16-21(35-4)13-14-24(23)36-5/h9-14,16,22H,7-8,15,17-18H2,1-6H3,(H,27,31)/t22-/m0/s1. The molecule has 10 nitrogen and oxygen atoms in total. The van der Waals surface area contributed by atoms with E-state index in [1.54, 1.807) is 43.5 Å². The van der Waals surface area contributed by atoms with Gasteiger partial charge in [0.15, 0.2) is 0 Å². The van der Waals surface area contributed by atoms with Crippen LogP contribution in [0.3, 0.4) is 0 Å². The Morgan fingerprint density at radius 3 is 2.08 bits per heavy atom. The number of benzene rings is 2. The summed E-state index contributed by atoms with van der Waals surface area (Å²) in [4.78, 5) is 28.2. The Bertz CT molecular complexity index is 1150. The molecular weight excluding hydrogens is 498 g/mol. The first kappa shape index (κ1) is 29.8. The highest BCUT2D eigenvalue weighted by atomic mass is 32.2. The monoisotopic (exact) mass is 535 g/mol. The molecule has 0 saturated heterocycles. The second-order valence-corrected chi connectivity index (χ2v) is 10.3. The Morgan fingerprint density at radius 1 is 0.946 bits per heavy atom. The summed E-state index contributed by atoms with van der Waals surface area (Å²) in [6.45, 7) is 3.79. The van der Waals surface area contributed by atoms with Crippen LogP contribution in [-0.4, -0.2) is 71.8 Å². The lowest BCUT2D eigenvalue weighted by molar-refractivity contribution is -0.140. The number of nitrogens with zero attached hydrogens (tertiary/aromatic N) is 2. The van der Waals surface area contributed by atoms with Crippen molar-refractivity contribution in [2.75, 3.05) is 45.0 Å². The summed E-state index contributed by atoms with van der Waals surface area (Å²) in [6, 6.07) is 11.0. The van der Waals surface area contributed by atoms with E-state index in [0.717, 1.165) is 22.5 Å². The first-order valence-electron chi connectivity index (χ1n) is 12.0. The lowest BCUT2D eigenvalue weighted by atomic mass is 10.1. The largest absolute Gasteiger partial charge is 0.497 e. The molecule has 0 fully saturated rings. The fraction of sp³-hybridized carbons (Fsp3) is 0.462. The summed E-state index contributed by atoms with van der Waals surface area (Å²) < 4.78 is 42.5. The fourth-order valence-corrected chi connectivity index (χ4v) is 4.64. The normalized spacial score (nSPS) is 11.8. The van der Waals surface area contributed by atoms with Crippen LogP contribution in [0.2, 0.25) is 0 Å². The number of amides is 2. The van der Waals surface area contributed by atoms with Gasteiger partial charge in [-0.15, -0.1) is 0 Å². The molecule has 0 bridgehead atoms. The molecule has 1 atom stereocenters. The van der Waals surface area contributed by atoms with Crippen molar-refractivity contribution in [3.63, 3.8) is 0 Å². The van der Waals surface area contributed by atoms with E-state index in [9.17, 15) is 18.0 Å². The fourth-order valence-electron chi connectivity index (χ4n) is 3.80. The van der Waals surface area contributed by atoms with Crippen molar-refractivity contribution in [1.29, 1.82) is 0 Å². The van der Waals surface area contributed by atoms with Crippen LogP contribution in [-0.2, 0) is 26.2 Å². The molecule has 0 aliphatic carbocycles. The minimum absolute atomic E-state index is 0.105. The van der Waals surface area contributed by atoms with Gasteiger partial charge < -0.3 is 24.4 Å². The third-order valence-electron chi connectivity index (χ3n) is 5.78. The summed E-state index contributed by atoms with van der Waals surface area (Å²) in [7, 11) is 0.507. The second-order valence-electron chi connectivity index (χ2n) is 8.39. The maximum Gasteiger partial charge on any atom is 0.244 e. The Labute approximate surface area is 219 Å². The Kier molecular flexibility index (Phi) is 11.0. The number of anilines is 1. The Hall–Kier alpha value is -3.47. The summed E-state index contributed by atoms with van der Waals surface area (Å²) >= 11 is 0. The summed E-state index contributed by atoms with van der Waals surface area (Å²) in [5, 5.41) is 2.85. The highest BCUT2D eigenvalue weighted by molar-refractivity contribution is 7.92. The maximum atomic E-state index is 13.8. The van der Waals surface area contributed by atoms with Crippen LogP contribution in [0.15, 0.2) is 42.5 Å². The number of hydrogen-bond acceptors (Lipinski definition) is 7. The van der Waals surface area contributed by atoms with Gasteiger partial charge in [0.25, 0.3) is 0 Å². The van der Waals surface area contributed by atoms with Gasteiger partial charge in [-0.1, -0.05) is 26.0 Å². The van der Waals surface area contributed by atoms with Gasteiger partial charge in [0.2, 0.25) is 21.8 Å². The van der Waals surface area contributed by atoms with Gasteiger partial charge in [-0.3, -0.25) is 13.9 Å². The summed E-state index contributed by atoms with van der Waals surface area (Å²) in [5.74, 6) is 0.481. The van der Waals surface area contributed by atoms with E-state index in [-0.39, 0.29) is 23.9 Å². The number of hydrogen-bond donors (Lipinski definition) is 1. The van der Waals surface area contributed by atoms with E-state index in [1.165, 1.54) is 25.2 Å². The minimum Gasteiger partial charge on any atom is -0.497 e. The highest BCUT2D eigenvalue weighted by Crippen LogP contribution is 2.34. The third-order valence-corrected chi connectivity index (χ3v) is 6.91. The van der Waals surface area contributed by atoms with E-state index in [2.05, 4.69) is 5.32 Å². The SMILES string of the molecule is CCCNC(=O)[C@H](CC)N(Cc1ccc(OC)cc1)C(=O)CN(c1cc(OC)ccc1OC)S(C)(=O)=O. The van der Waals surface area contributed by atoms with Gasteiger partial charge in [-0.05, 0) is 42.7 Å². The van der Waals surface area contributed by atoms with Crippen LogP contribution >= 0.6 is 0 Å². The van der Waals surface area contributed by atoms with E-state index in [4.69, 9.17) is 14.2 Å². The lowest BCUT2D eigenvalue weighted by Gasteiger charge is -2.33. The highest BCUT2D eigenvalue weighted by Gasteiger charge is 2.32. The average molecular weight is 536 g/mol. The molecule has 2 rings (SSSR count). The van der Waals surface area contributed by atoms with Crippen LogP contribution in [0.4, 0.5) is 5.69 Å². The molecule has 0 aromatic heterocycles. The second kappa shape index (κ2) is 13.7. The van der Waals surface area contributed by atoms with Crippen molar-refractivity contribution in [2.24, 2.45) is 0 Å². The number of sulfonamides is 1. The van der Waals surface area contributed by atoms with Crippen molar-refractivity contribution in [1.82, 2.24) is 10.2 Å². The number of nitrogens with one attached hydrogen (secondary N) is 1. The van der Waals surface area contributed by atoms with Gasteiger partial charge in [-0.25, -0.2) is 8.42 Å². The van der Waals surface area contributed by atoms with Crippen LogP contribution in [0.25, 0.3) is 0 Å². The summed E-state index contributed by atoms with van der Waals surface area (Å²) in [6.07, 6.45) is 2.10. The van der Waals surface area contributed by atoms with Gasteiger partial charge >= 0.3 is 0 Å². The molecule has 0 aliphatic rings. The zero-order valence-electron chi connectivity index (χ0n) is 22.3. The zero-order chi connectivity index (χ0) is 27.6. The molecule has 0 heterocycles. The molecule has 204 valence electrons. The van der Waals surface area contributed by atoms with E-state index >= 15 is 0 Å². The first-order chi connectivity index (χ1) is 17.6. The van der Waals surface area contributed by atoms with Crippen LogP contribution in [0, 0.1) is 0 Å². The van der Waals surface area contributed by atoms with Gasteiger partial charge in [-0.2, -0.15) is 0 Å². The molecule has 0 aliphatic heterocycles. The van der Waals surface area contributed by atoms with Crippen molar-refractivity contribution >= 4 is 27.5 Å². The minimum atomic E-state index is -3.92. The number of carbonyl (C=O) groups is 2. The number of carbonyl (C=O) groups excluding carboxylic acids is 2. The molecule has 11 heteroatoms. The zero-order valence-corrected chi connectivity index (χ0v) is 23.1. The smallest absolute Gasteiger partial charge is 0.244 e. The quantitative estimate of drug-likeness (QED) is 0.396. The molecule has 2 amide bonds. The molecular formula is C26H37N3O7S. The first-order valence-corrected chi connectivity index (χ1v) is 13.8. The van der Waals surface area contributed by atoms with Crippen LogP contribution < -0.4 is 23.8 Å². The molecule has 0 spiro atoms. The molecule has 2 aromatic carbocycles. The van der Waals surface area contributed by atoms with E-state index < -0.39 is 28.5 Å². The van der Waals surface area contributed by atoms with Crippen molar-refractivity contribution in [2.45, 2.75) is 39.3 Å². The number of methoxy groups -OCH3 is 3. The molecule has 1 N–H and O–H groups in total. The number of ether oxygens (including phenoxy) is 3. The molecule has 37 heavy (non-hydrogen) atoms. The van der Waals surface area contributed by atoms with Crippen molar-refractivity contribution in [3.8, 4) is 17.2 Å². The number of rotatable bonds is 14. The predicted molar refractivity (Wildman–Crippen MR) is 143 cm³/mol. The molecule has 0 unspecified atom stereocenters. The molecule has 2 aromatic rings. The lowest BCUT2D eigenvalue weighted by Crippen LogP contribution is -2.52. The third kappa shape index (κ3) is 8.01. The maximum absolute atomic E-state index is 13.8. The molecule has 0 saturated carbocycles. The molecule has 0 radical (unpaired) electrons. The van der Waals surface area contributed by atoms with E-state index in [1.807, 2.05) is 13.8 Å². The van der Waals surface area contributed by atoms with Gasteiger partial charge in [0, 0.05) is 19.2 Å². The van der Waals surface area contributed by atoms with E-state index in [0.29, 0.717) is 24.5 Å². The van der Waals surface area contributed by atoms with Crippen molar-refractivity contribution < 1.29 is 32.2 Å². The topological polar surface area (TPSA) is 114 Å². The van der Waals surface area contributed by atoms with Gasteiger partial charge in [0.05, 0.1) is 33.3 Å². The predicted octanol–water partition coefficient (Wildman–Crippen LogP) is 2.81. The summed E-state index contributed by atoms with van der Waals surface area (Å²) in [5.41, 5.74) is 0.923. The van der Waals surface area contributed by atoms with Crippen molar-refractivity contribution in [3.05, 3.63) is 48.0 Å². The van der Waals surface area contributed by atoms with Gasteiger partial charge in [0.1, 0.15) is 29.8 Å². The Balaban J connectivity index is 2.50. The average Bonchev–Trinajstić information content (AvgIpc) is 2.89. The Morgan fingerprint density at radius 2 is 1.57 bits per heavy atom.